The van der Waals surface area contributed by atoms with Crippen LogP contribution in [0.1, 0.15) is 17.3 Å². The Morgan fingerprint density at radius 3 is 2.80 bits per heavy atom. The van der Waals surface area contributed by atoms with Crippen molar-refractivity contribution in [2.24, 2.45) is 0 Å². The largest absolute Gasteiger partial charge is 0.392 e. The van der Waals surface area contributed by atoms with Crippen LogP contribution in [-0.2, 0) is 23.2 Å². The van der Waals surface area contributed by atoms with Crippen LogP contribution >= 0.6 is 0 Å². The molecule has 0 saturated carbocycles. The van der Waals surface area contributed by atoms with Gasteiger partial charge in [-0.05, 0) is 24.6 Å². The summed E-state index contributed by atoms with van der Waals surface area (Å²) in [5.74, 6) is -0.245. The zero-order valence-electron chi connectivity index (χ0n) is 10.5. The maximum Gasteiger partial charge on any atom is 0.241 e. The van der Waals surface area contributed by atoms with Crippen LogP contribution in [0.2, 0.25) is 0 Å². The molecule has 20 heavy (non-hydrogen) atoms. The molecular formula is C11H12FN3O4S. The molecule has 0 atom stereocenters. The van der Waals surface area contributed by atoms with Crippen molar-refractivity contribution in [3.8, 4) is 0 Å². The third-order valence-corrected chi connectivity index (χ3v) is 3.96. The standard InChI is InChI=1S/C11H12FN3O4S/c1-7-14-11(19-15-7)5-13-20(17,18)10-4-9(12)3-2-8(10)6-16/h2-4,13,16H,5-6H2,1H3. The molecule has 2 N–H and O–H groups in total. The average molecular weight is 301 g/mol. The number of hydrogen-bond acceptors (Lipinski definition) is 6. The highest BCUT2D eigenvalue weighted by atomic mass is 32.2. The highest BCUT2D eigenvalue weighted by Gasteiger charge is 2.20. The Bertz CT molecular complexity index is 714. The van der Waals surface area contributed by atoms with E-state index in [1.807, 2.05) is 0 Å². The summed E-state index contributed by atoms with van der Waals surface area (Å²) in [5, 5.41) is 12.6. The monoisotopic (exact) mass is 301 g/mol. The SMILES string of the molecule is Cc1noc(CNS(=O)(=O)c2cc(F)ccc2CO)n1. The highest BCUT2D eigenvalue weighted by molar-refractivity contribution is 7.89. The van der Waals surface area contributed by atoms with Gasteiger partial charge in [0.25, 0.3) is 0 Å². The molecule has 108 valence electrons. The van der Waals surface area contributed by atoms with Crippen molar-refractivity contribution in [2.45, 2.75) is 25.0 Å². The molecule has 0 fully saturated rings. The second-order valence-corrected chi connectivity index (χ2v) is 5.71. The number of nitrogens with one attached hydrogen (secondary N) is 1. The number of rotatable bonds is 5. The molecule has 1 heterocycles. The van der Waals surface area contributed by atoms with Crippen molar-refractivity contribution >= 4 is 10.0 Å². The van der Waals surface area contributed by atoms with Gasteiger partial charge in [-0.15, -0.1) is 0 Å². The number of aromatic nitrogens is 2. The van der Waals surface area contributed by atoms with Crippen molar-refractivity contribution in [1.82, 2.24) is 14.9 Å². The fourth-order valence-electron chi connectivity index (χ4n) is 1.56. The minimum Gasteiger partial charge on any atom is -0.392 e. The Hall–Kier alpha value is -1.84. The summed E-state index contributed by atoms with van der Waals surface area (Å²) in [6.07, 6.45) is 0. The quantitative estimate of drug-likeness (QED) is 0.832. The number of sulfonamides is 1. The molecule has 0 saturated heterocycles. The molecule has 1 aromatic carbocycles. The Morgan fingerprint density at radius 2 is 2.20 bits per heavy atom. The summed E-state index contributed by atoms with van der Waals surface area (Å²) in [6, 6.07) is 3.12. The van der Waals surface area contributed by atoms with Gasteiger partial charge in [-0.25, -0.2) is 17.5 Å². The van der Waals surface area contributed by atoms with Crippen LogP contribution in [0.15, 0.2) is 27.6 Å². The zero-order valence-corrected chi connectivity index (χ0v) is 11.3. The third kappa shape index (κ3) is 3.18. The molecule has 0 radical (unpaired) electrons. The minimum atomic E-state index is -3.99. The molecule has 7 nitrogen and oxygen atoms in total. The van der Waals surface area contributed by atoms with Gasteiger partial charge in [0.1, 0.15) is 5.82 Å². The van der Waals surface area contributed by atoms with Crippen molar-refractivity contribution < 1.29 is 22.4 Å². The summed E-state index contributed by atoms with van der Waals surface area (Å²) in [4.78, 5) is 3.52. The maximum absolute atomic E-state index is 13.2. The first-order chi connectivity index (χ1) is 9.42. The summed E-state index contributed by atoms with van der Waals surface area (Å²) < 4.78 is 44.3. The van der Waals surface area contributed by atoms with Crippen LogP contribution < -0.4 is 4.72 Å². The Morgan fingerprint density at radius 1 is 1.45 bits per heavy atom. The summed E-state index contributed by atoms with van der Waals surface area (Å²) in [7, 11) is -3.99. The van der Waals surface area contributed by atoms with E-state index in [0.717, 1.165) is 12.1 Å². The van der Waals surface area contributed by atoms with Gasteiger partial charge in [0, 0.05) is 0 Å². The van der Waals surface area contributed by atoms with Gasteiger partial charge in [0.05, 0.1) is 18.0 Å². The summed E-state index contributed by atoms with van der Waals surface area (Å²) in [5.41, 5.74) is 0.0978. The van der Waals surface area contributed by atoms with E-state index in [-0.39, 0.29) is 22.9 Å². The highest BCUT2D eigenvalue weighted by Crippen LogP contribution is 2.17. The number of aliphatic hydroxyl groups excluding tert-OH is 1. The minimum absolute atomic E-state index is 0.0908. The van der Waals surface area contributed by atoms with Crippen molar-refractivity contribution in [2.75, 3.05) is 0 Å². The fraction of sp³-hybridized carbons (Fsp3) is 0.273. The molecule has 0 aliphatic heterocycles. The molecule has 0 amide bonds. The number of aliphatic hydroxyl groups is 1. The molecule has 2 rings (SSSR count). The number of nitrogens with zero attached hydrogens (tertiary/aromatic N) is 2. The number of aryl methyl sites for hydroxylation is 1. The lowest BCUT2D eigenvalue weighted by molar-refractivity contribution is 0.278. The maximum atomic E-state index is 13.2. The van der Waals surface area contributed by atoms with E-state index in [2.05, 4.69) is 14.9 Å². The zero-order chi connectivity index (χ0) is 14.8. The Kier molecular flexibility index (Phi) is 4.12. The fourth-order valence-corrected chi connectivity index (χ4v) is 2.77. The third-order valence-electron chi connectivity index (χ3n) is 2.47. The first-order valence-corrected chi connectivity index (χ1v) is 7.09. The summed E-state index contributed by atoms with van der Waals surface area (Å²) in [6.45, 7) is 0.860. The van der Waals surface area contributed by atoms with E-state index in [4.69, 9.17) is 9.63 Å². The van der Waals surface area contributed by atoms with E-state index in [1.54, 1.807) is 6.92 Å². The van der Waals surface area contributed by atoms with Gasteiger partial charge in [-0.3, -0.25) is 0 Å². The molecular weight excluding hydrogens is 289 g/mol. The molecule has 1 aromatic heterocycles. The van der Waals surface area contributed by atoms with Crippen LogP contribution in [0.3, 0.4) is 0 Å². The lowest BCUT2D eigenvalue weighted by Gasteiger charge is -2.09. The molecule has 0 aliphatic rings. The molecule has 0 spiro atoms. The van der Waals surface area contributed by atoms with Gasteiger partial charge in [-0.2, -0.15) is 4.98 Å². The Labute approximate surface area is 114 Å². The van der Waals surface area contributed by atoms with Gasteiger partial charge in [0.2, 0.25) is 15.9 Å². The van der Waals surface area contributed by atoms with Crippen LogP contribution in [0.5, 0.6) is 0 Å². The molecule has 0 unspecified atom stereocenters. The number of benzene rings is 1. The first kappa shape index (κ1) is 14.6. The van der Waals surface area contributed by atoms with Crippen molar-refractivity contribution in [1.29, 1.82) is 0 Å². The Balaban J connectivity index is 2.24. The first-order valence-electron chi connectivity index (χ1n) is 5.60. The predicted octanol–water partition coefficient (Wildman–Crippen LogP) is 0.488. The molecule has 9 heteroatoms. The second kappa shape index (κ2) is 5.65. The van der Waals surface area contributed by atoms with Gasteiger partial charge >= 0.3 is 0 Å². The molecule has 0 bridgehead atoms. The normalized spacial score (nSPS) is 11.8. The predicted molar refractivity (Wildman–Crippen MR) is 65.4 cm³/mol. The van der Waals surface area contributed by atoms with E-state index in [1.165, 1.54) is 6.07 Å². The van der Waals surface area contributed by atoms with E-state index < -0.39 is 22.4 Å². The van der Waals surface area contributed by atoms with Crippen LogP contribution in [0.4, 0.5) is 4.39 Å². The van der Waals surface area contributed by atoms with Crippen LogP contribution in [0.25, 0.3) is 0 Å². The lowest BCUT2D eigenvalue weighted by Crippen LogP contribution is -2.24. The smallest absolute Gasteiger partial charge is 0.241 e. The van der Waals surface area contributed by atoms with Crippen molar-refractivity contribution in [3.63, 3.8) is 0 Å². The van der Waals surface area contributed by atoms with Crippen LogP contribution in [0, 0.1) is 12.7 Å². The number of hydrogen-bond donors (Lipinski definition) is 2. The van der Waals surface area contributed by atoms with Crippen molar-refractivity contribution in [3.05, 3.63) is 41.3 Å². The van der Waals surface area contributed by atoms with Gasteiger partial charge in [0.15, 0.2) is 5.82 Å². The van der Waals surface area contributed by atoms with Gasteiger partial charge < -0.3 is 9.63 Å². The molecule has 0 aliphatic carbocycles. The number of halogens is 1. The van der Waals surface area contributed by atoms with Crippen LogP contribution in [-0.4, -0.2) is 23.7 Å². The lowest BCUT2D eigenvalue weighted by atomic mass is 10.2. The van der Waals surface area contributed by atoms with E-state index >= 15 is 0 Å². The van der Waals surface area contributed by atoms with E-state index in [0.29, 0.717) is 5.82 Å². The second-order valence-electron chi connectivity index (χ2n) is 3.97. The van der Waals surface area contributed by atoms with Gasteiger partial charge in [-0.1, -0.05) is 11.2 Å². The topological polar surface area (TPSA) is 105 Å². The summed E-state index contributed by atoms with van der Waals surface area (Å²) >= 11 is 0. The van der Waals surface area contributed by atoms with E-state index in [9.17, 15) is 12.8 Å². The molecule has 2 aromatic rings. The average Bonchev–Trinajstić information content (AvgIpc) is 2.82.